The lowest BCUT2D eigenvalue weighted by molar-refractivity contribution is -0.153. The van der Waals surface area contributed by atoms with Crippen molar-refractivity contribution in [2.45, 2.75) is 45.3 Å². The van der Waals surface area contributed by atoms with Crippen molar-refractivity contribution in [2.75, 3.05) is 0 Å². The largest absolute Gasteiger partial charge is 0.481 e. The fourth-order valence-corrected chi connectivity index (χ4v) is 3.07. The molecule has 2 rings (SSSR count). The second kappa shape index (κ2) is 7.45. The molecule has 7 heteroatoms. The third kappa shape index (κ3) is 4.74. The molecule has 0 heterocycles. The Bertz CT molecular complexity index is 643. The number of hydrogen-bond acceptors (Lipinski definition) is 2. The molecule has 0 aromatic heterocycles. The van der Waals surface area contributed by atoms with E-state index in [0.29, 0.717) is 24.8 Å². The molecule has 0 spiro atoms. The highest BCUT2D eigenvalue weighted by molar-refractivity contribution is 5.86. The van der Waals surface area contributed by atoms with E-state index in [1.807, 2.05) is 13.8 Å². The molecule has 1 aromatic carbocycles. The zero-order valence-corrected chi connectivity index (χ0v) is 14.1. The van der Waals surface area contributed by atoms with Crippen LogP contribution in [0.1, 0.15) is 50.3 Å². The fourth-order valence-electron chi connectivity index (χ4n) is 3.07. The molecule has 1 aliphatic rings. The number of benzene rings is 1. The Balaban J connectivity index is 2.19. The Hall–Kier alpha value is -2.05. The van der Waals surface area contributed by atoms with Gasteiger partial charge in [0.15, 0.2) is 0 Å². The smallest absolute Gasteiger partial charge is 0.416 e. The normalized spacial score (nSPS) is 21.5. The van der Waals surface area contributed by atoms with Gasteiger partial charge in [0.2, 0.25) is 5.91 Å². The Morgan fingerprint density at radius 3 is 2.36 bits per heavy atom. The van der Waals surface area contributed by atoms with Crippen LogP contribution in [-0.4, -0.2) is 17.0 Å². The molecule has 25 heavy (non-hydrogen) atoms. The molecule has 138 valence electrons. The number of carbonyl (C=O) groups is 2. The first-order valence-corrected chi connectivity index (χ1v) is 8.30. The van der Waals surface area contributed by atoms with Crippen LogP contribution in [0, 0.1) is 17.8 Å². The van der Waals surface area contributed by atoms with E-state index in [-0.39, 0.29) is 5.92 Å². The Morgan fingerprint density at radius 2 is 1.88 bits per heavy atom. The number of rotatable bonds is 6. The second-order valence-corrected chi connectivity index (χ2v) is 6.94. The quantitative estimate of drug-likeness (QED) is 0.808. The topological polar surface area (TPSA) is 66.4 Å². The number of alkyl halides is 3. The van der Waals surface area contributed by atoms with E-state index < -0.39 is 41.5 Å². The van der Waals surface area contributed by atoms with E-state index >= 15 is 0 Å². The SMILES string of the molecule is CC(C)CC(NC(=O)C1CCC1C(=O)O)c1cccc(C(F)(F)F)c1. The summed E-state index contributed by atoms with van der Waals surface area (Å²) in [7, 11) is 0. The van der Waals surface area contributed by atoms with Crippen LogP contribution in [0.5, 0.6) is 0 Å². The molecular weight excluding hydrogens is 335 g/mol. The van der Waals surface area contributed by atoms with Gasteiger partial charge in [0, 0.05) is 0 Å². The van der Waals surface area contributed by atoms with E-state index in [2.05, 4.69) is 5.32 Å². The molecule has 1 amide bonds. The maximum atomic E-state index is 12.9. The number of amides is 1. The number of halogens is 3. The molecule has 0 saturated heterocycles. The van der Waals surface area contributed by atoms with Crippen molar-refractivity contribution < 1.29 is 27.9 Å². The van der Waals surface area contributed by atoms with Crippen LogP contribution in [0.2, 0.25) is 0 Å². The highest BCUT2D eigenvalue weighted by atomic mass is 19.4. The monoisotopic (exact) mass is 357 g/mol. The van der Waals surface area contributed by atoms with Crippen LogP contribution in [0.4, 0.5) is 13.2 Å². The van der Waals surface area contributed by atoms with Gasteiger partial charge < -0.3 is 10.4 Å². The highest BCUT2D eigenvalue weighted by Crippen LogP contribution is 2.36. The van der Waals surface area contributed by atoms with E-state index in [1.54, 1.807) is 6.07 Å². The van der Waals surface area contributed by atoms with Gasteiger partial charge in [0.1, 0.15) is 0 Å². The maximum absolute atomic E-state index is 12.9. The number of carboxylic acid groups (broad SMARTS) is 1. The Kier molecular flexibility index (Phi) is 5.75. The van der Waals surface area contributed by atoms with Crippen molar-refractivity contribution in [3.63, 3.8) is 0 Å². The second-order valence-electron chi connectivity index (χ2n) is 6.94. The van der Waals surface area contributed by atoms with Crippen molar-refractivity contribution in [1.29, 1.82) is 0 Å². The summed E-state index contributed by atoms with van der Waals surface area (Å²) in [6, 6.07) is 4.33. The van der Waals surface area contributed by atoms with Crippen molar-refractivity contribution >= 4 is 11.9 Å². The molecule has 0 aliphatic heterocycles. The molecule has 3 unspecified atom stereocenters. The molecule has 3 atom stereocenters. The summed E-state index contributed by atoms with van der Waals surface area (Å²) < 4.78 is 38.8. The van der Waals surface area contributed by atoms with Gasteiger partial charge in [-0.15, -0.1) is 0 Å². The zero-order valence-electron chi connectivity index (χ0n) is 14.1. The van der Waals surface area contributed by atoms with Crippen LogP contribution < -0.4 is 5.32 Å². The van der Waals surface area contributed by atoms with Crippen LogP contribution in [0.15, 0.2) is 24.3 Å². The first-order valence-electron chi connectivity index (χ1n) is 8.30. The van der Waals surface area contributed by atoms with Crippen LogP contribution in [0.3, 0.4) is 0 Å². The zero-order chi connectivity index (χ0) is 18.8. The number of carboxylic acids is 1. The van der Waals surface area contributed by atoms with Gasteiger partial charge in [-0.3, -0.25) is 9.59 Å². The van der Waals surface area contributed by atoms with Gasteiger partial charge >= 0.3 is 12.1 Å². The van der Waals surface area contributed by atoms with E-state index in [1.165, 1.54) is 6.07 Å². The van der Waals surface area contributed by atoms with Gasteiger partial charge in [-0.05, 0) is 42.9 Å². The summed E-state index contributed by atoms with van der Waals surface area (Å²) in [5, 5.41) is 11.8. The number of aliphatic carboxylic acids is 1. The average molecular weight is 357 g/mol. The molecule has 1 aromatic rings. The van der Waals surface area contributed by atoms with Crippen LogP contribution in [0.25, 0.3) is 0 Å². The van der Waals surface area contributed by atoms with Crippen LogP contribution in [-0.2, 0) is 15.8 Å². The summed E-state index contributed by atoms with van der Waals surface area (Å²) >= 11 is 0. The minimum atomic E-state index is -4.45. The Morgan fingerprint density at radius 1 is 1.24 bits per heavy atom. The molecule has 4 nitrogen and oxygen atoms in total. The molecule has 2 N–H and O–H groups in total. The van der Waals surface area contributed by atoms with E-state index in [0.717, 1.165) is 12.1 Å². The highest BCUT2D eigenvalue weighted by Gasteiger charge is 2.42. The molecular formula is C18H22F3NO3. The van der Waals surface area contributed by atoms with Gasteiger partial charge in [-0.2, -0.15) is 13.2 Å². The maximum Gasteiger partial charge on any atom is 0.416 e. The lowest BCUT2D eigenvalue weighted by Crippen LogP contribution is -2.45. The molecule has 1 aliphatic carbocycles. The molecule has 0 bridgehead atoms. The van der Waals surface area contributed by atoms with Crippen molar-refractivity contribution in [3.8, 4) is 0 Å². The first kappa shape index (κ1) is 19.3. The minimum absolute atomic E-state index is 0.150. The molecule has 1 fully saturated rings. The summed E-state index contributed by atoms with van der Waals surface area (Å²) in [5.41, 5.74) is -0.386. The van der Waals surface area contributed by atoms with E-state index in [4.69, 9.17) is 5.11 Å². The van der Waals surface area contributed by atoms with Gasteiger partial charge in [-0.25, -0.2) is 0 Å². The third-order valence-electron chi connectivity index (χ3n) is 4.57. The predicted octanol–water partition coefficient (Wildman–Crippen LogP) is 4.02. The van der Waals surface area contributed by atoms with Crippen LogP contribution >= 0.6 is 0 Å². The summed E-state index contributed by atoms with van der Waals surface area (Å²) in [5.74, 6) is -2.58. The molecule has 1 saturated carbocycles. The first-order chi connectivity index (χ1) is 11.6. The van der Waals surface area contributed by atoms with Gasteiger partial charge in [0.05, 0.1) is 23.4 Å². The summed E-state index contributed by atoms with van der Waals surface area (Å²) in [4.78, 5) is 23.5. The summed E-state index contributed by atoms with van der Waals surface area (Å²) in [6.07, 6.45) is -3.05. The summed E-state index contributed by atoms with van der Waals surface area (Å²) in [6.45, 7) is 3.83. The van der Waals surface area contributed by atoms with Crippen molar-refractivity contribution in [1.82, 2.24) is 5.32 Å². The number of carbonyl (C=O) groups excluding carboxylic acids is 1. The van der Waals surface area contributed by atoms with E-state index in [9.17, 15) is 22.8 Å². The van der Waals surface area contributed by atoms with Crippen molar-refractivity contribution in [2.24, 2.45) is 17.8 Å². The third-order valence-corrected chi connectivity index (χ3v) is 4.57. The predicted molar refractivity (Wildman–Crippen MR) is 85.6 cm³/mol. The lowest BCUT2D eigenvalue weighted by atomic mass is 9.73. The standard InChI is InChI=1S/C18H22F3NO3/c1-10(2)8-15(11-4-3-5-12(9-11)18(19,20)21)22-16(23)13-6-7-14(13)17(24)25/h3-5,9-10,13-15H,6-8H2,1-2H3,(H,22,23)(H,24,25). The minimum Gasteiger partial charge on any atom is -0.481 e. The number of nitrogens with one attached hydrogen (secondary N) is 1. The number of hydrogen-bond donors (Lipinski definition) is 2. The molecule has 0 radical (unpaired) electrons. The van der Waals surface area contributed by atoms with Gasteiger partial charge in [-0.1, -0.05) is 26.0 Å². The fraction of sp³-hybridized carbons (Fsp3) is 0.556. The average Bonchev–Trinajstić information content (AvgIpc) is 2.43. The van der Waals surface area contributed by atoms with Crippen molar-refractivity contribution in [3.05, 3.63) is 35.4 Å². The lowest BCUT2D eigenvalue weighted by Gasteiger charge is -2.34. The Labute approximate surface area is 144 Å². The van der Waals surface area contributed by atoms with Gasteiger partial charge in [0.25, 0.3) is 0 Å².